The molecule has 0 aromatic heterocycles. The van der Waals surface area contributed by atoms with Gasteiger partial charge in [-0.1, -0.05) is 6.58 Å². The van der Waals surface area contributed by atoms with Crippen molar-refractivity contribution in [3.05, 3.63) is 12.2 Å². The van der Waals surface area contributed by atoms with Crippen LogP contribution in [0.5, 0.6) is 0 Å². The van der Waals surface area contributed by atoms with Crippen molar-refractivity contribution in [1.29, 1.82) is 0 Å². The van der Waals surface area contributed by atoms with Crippen LogP contribution in [0.1, 0.15) is 13.3 Å². The average molecular weight is 422 g/mol. The highest BCUT2D eigenvalue weighted by molar-refractivity contribution is 6.90. The lowest BCUT2D eigenvalue weighted by molar-refractivity contribution is -0.117. The van der Waals surface area contributed by atoms with Crippen LogP contribution in [0.4, 0.5) is 0 Å². The van der Waals surface area contributed by atoms with Gasteiger partial charge in [-0.3, -0.25) is 4.79 Å². The lowest BCUT2D eigenvalue weighted by atomic mass is 10.3. The maximum Gasteiger partial charge on any atom is 0.469 e. The van der Waals surface area contributed by atoms with E-state index >= 15 is 0 Å². The SMILES string of the molecule is C=C(C)C(=O)NCCC[Si](O[Si](C)(C)C)(O[Si](C)(C)C)O[Si](C)(C)C. The van der Waals surface area contributed by atoms with E-state index in [2.05, 4.69) is 70.8 Å². The van der Waals surface area contributed by atoms with Gasteiger partial charge in [-0.25, -0.2) is 0 Å². The molecule has 0 spiro atoms. The van der Waals surface area contributed by atoms with Gasteiger partial charge in [0.1, 0.15) is 0 Å². The first-order chi connectivity index (χ1) is 10.9. The summed E-state index contributed by atoms with van der Waals surface area (Å²) in [7, 11) is -8.30. The van der Waals surface area contributed by atoms with E-state index in [0.717, 1.165) is 12.5 Å². The van der Waals surface area contributed by atoms with Crippen LogP contribution in [-0.2, 0) is 17.1 Å². The minimum absolute atomic E-state index is 0.101. The fourth-order valence-electron chi connectivity index (χ4n) is 2.27. The van der Waals surface area contributed by atoms with E-state index < -0.39 is 33.8 Å². The van der Waals surface area contributed by atoms with Crippen molar-refractivity contribution >= 4 is 39.7 Å². The quantitative estimate of drug-likeness (QED) is 0.302. The number of hydrogen-bond donors (Lipinski definition) is 1. The molecule has 0 rings (SSSR count). The largest absolute Gasteiger partial charge is 0.469 e. The highest BCUT2D eigenvalue weighted by atomic mass is 28.5. The number of nitrogens with one attached hydrogen (secondary N) is 1. The lowest BCUT2D eigenvalue weighted by Crippen LogP contribution is -2.60. The topological polar surface area (TPSA) is 56.8 Å². The maximum atomic E-state index is 11.7. The third kappa shape index (κ3) is 12.9. The molecule has 1 N–H and O–H groups in total. The summed E-state index contributed by atoms with van der Waals surface area (Å²) in [5.74, 6) is -0.101. The molecular weight excluding hydrogens is 383 g/mol. The summed E-state index contributed by atoms with van der Waals surface area (Å²) in [6, 6.07) is 0.738. The molecule has 5 nitrogen and oxygen atoms in total. The monoisotopic (exact) mass is 421 g/mol. The molecule has 148 valence electrons. The molecule has 0 aliphatic rings. The van der Waals surface area contributed by atoms with E-state index in [1.807, 2.05) is 0 Å². The van der Waals surface area contributed by atoms with Crippen LogP contribution >= 0.6 is 0 Å². The Bertz CT molecular complexity index is 423. The Morgan fingerprint density at radius 1 is 0.840 bits per heavy atom. The Balaban J connectivity index is 5.30. The Hall–Kier alpha value is -0.0425. The first-order valence-corrected chi connectivity index (χ1v) is 21.1. The summed E-state index contributed by atoms with van der Waals surface area (Å²) in [5.41, 5.74) is 0.526. The molecule has 0 saturated heterocycles. The van der Waals surface area contributed by atoms with E-state index in [0.29, 0.717) is 12.1 Å². The number of rotatable bonds is 11. The molecule has 0 aromatic rings. The Morgan fingerprint density at radius 2 is 1.20 bits per heavy atom. The summed E-state index contributed by atoms with van der Waals surface area (Å²) in [5, 5.41) is 2.89. The van der Waals surface area contributed by atoms with Crippen LogP contribution in [-0.4, -0.2) is 46.2 Å². The third-order valence-corrected chi connectivity index (χ3v) is 14.8. The molecule has 1 amide bonds. The molecule has 0 aliphatic heterocycles. The molecule has 0 atom stereocenters. The van der Waals surface area contributed by atoms with Crippen LogP contribution < -0.4 is 5.32 Å². The molecule has 0 fully saturated rings. The van der Waals surface area contributed by atoms with Crippen molar-refractivity contribution in [2.45, 2.75) is 78.3 Å². The molecule has 0 heterocycles. The molecule has 0 radical (unpaired) electrons. The first-order valence-electron chi connectivity index (χ1n) is 8.99. The maximum absolute atomic E-state index is 11.7. The van der Waals surface area contributed by atoms with Gasteiger partial charge in [0, 0.05) is 18.2 Å². The van der Waals surface area contributed by atoms with Crippen LogP contribution in [0.2, 0.25) is 65.0 Å². The predicted molar refractivity (Wildman–Crippen MR) is 116 cm³/mol. The van der Waals surface area contributed by atoms with Crippen molar-refractivity contribution in [3.63, 3.8) is 0 Å². The lowest BCUT2D eigenvalue weighted by Gasteiger charge is -2.43. The number of carbonyl (C=O) groups excluding carboxylic acids is 1. The second-order valence-electron chi connectivity index (χ2n) is 9.47. The molecule has 0 unspecified atom stereocenters. The summed E-state index contributed by atoms with van der Waals surface area (Å²) < 4.78 is 19.8. The average Bonchev–Trinajstić information content (AvgIpc) is 2.27. The van der Waals surface area contributed by atoms with Crippen molar-refractivity contribution < 1.29 is 17.1 Å². The molecule has 0 aliphatic carbocycles. The van der Waals surface area contributed by atoms with Crippen molar-refractivity contribution in [2.75, 3.05) is 6.54 Å². The van der Waals surface area contributed by atoms with E-state index in [1.54, 1.807) is 6.92 Å². The zero-order valence-corrected chi connectivity index (χ0v) is 22.0. The van der Waals surface area contributed by atoms with Crippen LogP contribution in [0.3, 0.4) is 0 Å². The highest BCUT2D eigenvalue weighted by Gasteiger charge is 2.49. The van der Waals surface area contributed by atoms with Crippen LogP contribution in [0.15, 0.2) is 12.2 Å². The van der Waals surface area contributed by atoms with Gasteiger partial charge in [0.25, 0.3) is 0 Å². The normalized spacial score (nSPS) is 13.7. The summed E-state index contributed by atoms with van der Waals surface area (Å²) >= 11 is 0. The fraction of sp³-hybridized carbons (Fsp3) is 0.812. The minimum Gasteiger partial charge on any atom is -0.417 e. The zero-order valence-electron chi connectivity index (χ0n) is 18.0. The fourth-order valence-corrected chi connectivity index (χ4v) is 16.9. The molecule has 0 saturated carbocycles. The summed E-state index contributed by atoms with van der Waals surface area (Å²) in [4.78, 5) is 11.7. The predicted octanol–water partition coefficient (Wildman–Crippen LogP) is 4.56. The Labute approximate surface area is 159 Å². The molecular formula is C16H39NO4Si4. The van der Waals surface area contributed by atoms with Gasteiger partial charge >= 0.3 is 8.80 Å². The third-order valence-electron chi connectivity index (χ3n) is 2.72. The Kier molecular flexibility index (Phi) is 9.23. The van der Waals surface area contributed by atoms with Crippen LogP contribution in [0, 0.1) is 0 Å². The second kappa shape index (κ2) is 9.24. The van der Waals surface area contributed by atoms with Gasteiger partial charge in [-0.05, 0) is 72.3 Å². The summed E-state index contributed by atoms with van der Waals surface area (Å²) in [6.45, 7) is 25.6. The van der Waals surface area contributed by atoms with E-state index in [1.165, 1.54) is 0 Å². The zero-order chi connectivity index (χ0) is 20.1. The first kappa shape index (κ1) is 25.0. The molecule has 0 bridgehead atoms. The van der Waals surface area contributed by atoms with Crippen molar-refractivity contribution in [1.82, 2.24) is 5.32 Å². The Morgan fingerprint density at radius 3 is 1.48 bits per heavy atom. The summed E-state index contributed by atoms with van der Waals surface area (Å²) in [6.07, 6.45) is 0.782. The minimum atomic E-state index is -2.79. The molecule has 25 heavy (non-hydrogen) atoms. The van der Waals surface area contributed by atoms with Crippen LogP contribution in [0.25, 0.3) is 0 Å². The smallest absolute Gasteiger partial charge is 0.417 e. The molecule has 9 heteroatoms. The van der Waals surface area contributed by atoms with Gasteiger partial charge < -0.3 is 17.7 Å². The number of carbonyl (C=O) groups is 1. The van der Waals surface area contributed by atoms with Crippen molar-refractivity contribution in [3.8, 4) is 0 Å². The van der Waals surface area contributed by atoms with Gasteiger partial charge in [0.15, 0.2) is 25.0 Å². The van der Waals surface area contributed by atoms with E-state index in [4.69, 9.17) is 12.3 Å². The van der Waals surface area contributed by atoms with E-state index in [-0.39, 0.29) is 5.91 Å². The van der Waals surface area contributed by atoms with E-state index in [9.17, 15) is 4.79 Å². The number of hydrogen-bond acceptors (Lipinski definition) is 4. The van der Waals surface area contributed by atoms with Gasteiger partial charge in [-0.15, -0.1) is 0 Å². The standard InChI is InChI=1S/C16H39NO4Si4/c1-15(2)16(18)17-13-12-14-25(19-22(3,4)5,20-23(6,7)8)21-24(9,10)11/h1,12-14H2,2-11H3,(H,17,18). The van der Waals surface area contributed by atoms with Crippen molar-refractivity contribution in [2.24, 2.45) is 0 Å². The van der Waals surface area contributed by atoms with Gasteiger partial charge in [0.05, 0.1) is 0 Å². The van der Waals surface area contributed by atoms with Gasteiger partial charge in [0.2, 0.25) is 5.91 Å². The highest BCUT2D eigenvalue weighted by Crippen LogP contribution is 2.29. The van der Waals surface area contributed by atoms with Gasteiger partial charge in [-0.2, -0.15) is 0 Å². The molecule has 0 aromatic carbocycles. The number of amides is 1. The second-order valence-corrected chi connectivity index (χ2v) is 26.5.